The van der Waals surface area contributed by atoms with Crippen LogP contribution < -0.4 is 4.74 Å². The van der Waals surface area contributed by atoms with Crippen molar-refractivity contribution in [2.75, 3.05) is 6.61 Å². The molecule has 0 amide bonds. The van der Waals surface area contributed by atoms with Crippen LogP contribution in [-0.4, -0.2) is 31.9 Å². The van der Waals surface area contributed by atoms with Gasteiger partial charge in [-0.1, -0.05) is 57.8 Å². The Hall–Kier alpha value is -2.27. The van der Waals surface area contributed by atoms with Gasteiger partial charge in [-0.25, -0.2) is 4.79 Å². The number of phenols is 1. The monoisotopic (exact) mass is 400 g/mol. The zero-order valence-corrected chi connectivity index (χ0v) is 18.6. The lowest BCUT2D eigenvalue weighted by Crippen LogP contribution is -2.33. The molecule has 5 heteroatoms. The molecule has 0 fully saturated rings. The van der Waals surface area contributed by atoms with E-state index in [1.165, 1.54) is 5.56 Å². The molecule has 0 aliphatic heterocycles. The van der Waals surface area contributed by atoms with Crippen LogP contribution >= 0.6 is 0 Å². The van der Waals surface area contributed by atoms with E-state index >= 15 is 0 Å². The summed E-state index contributed by atoms with van der Waals surface area (Å²) in [7, 11) is -1.28. The van der Waals surface area contributed by atoms with Crippen LogP contribution in [0.15, 0.2) is 48.5 Å². The first kappa shape index (κ1) is 22.0. The predicted octanol–water partition coefficient (Wildman–Crippen LogP) is 5.39. The fourth-order valence-electron chi connectivity index (χ4n) is 2.67. The van der Waals surface area contributed by atoms with Crippen LogP contribution in [0.5, 0.6) is 11.5 Å². The van der Waals surface area contributed by atoms with Gasteiger partial charge in [-0.05, 0) is 47.4 Å². The molecule has 0 aromatic heterocycles. The second-order valence-electron chi connectivity index (χ2n) is 8.68. The maximum absolute atomic E-state index is 12.7. The van der Waals surface area contributed by atoms with Crippen molar-refractivity contribution in [2.24, 2.45) is 0 Å². The van der Waals surface area contributed by atoms with Gasteiger partial charge in [0.2, 0.25) is 0 Å². The molecule has 2 aromatic rings. The Morgan fingerprint density at radius 2 is 1.61 bits per heavy atom. The molecule has 2 aromatic carbocycles. The van der Waals surface area contributed by atoms with Gasteiger partial charge in [-0.15, -0.1) is 0 Å². The molecule has 0 saturated carbocycles. The molecule has 0 unspecified atom stereocenters. The second kappa shape index (κ2) is 9.78. The van der Waals surface area contributed by atoms with Crippen molar-refractivity contribution in [3.8, 4) is 11.5 Å². The minimum atomic E-state index is -1.28. The first-order valence-electron chi connectivity index (χ1n) is 9.85. The molecule has 0 aliphatic carbocycles. The highest BCUT2D eigenvalue weighted by atomic mass is 28.3. The highest BCUT2D eigenvalue weighted by molar-refractivity contribution is 6.76. The van der Waals surface area contributed by atoms with Gasteiger partial charge in [0.1, 0.15) is 11.5 Å². The average molecular weight is 401 g/mol. The van der Waals surface area contributed by atoms with Gasteiger partial charge in [-0.3, -0.25) is 0 Å². The van der Waals surface area contributed by atoms with Crippen molar-refractivity contribution in [2.45, 2.75) is 58.0 Å². The standard InChI is InChI=1S/C23H32O4Si/c1-17(2)19-8-12-21(13-9-19)27-22(16-18-6-10-20(24)11-7-18)23(25)26-14-15-28(3,4)5/h6-13,17,22,24H,14-16H2,1-5H3/t22-/m0/s1. The van der Waals surface area contributed by atoms with Gasteiger partial charge in [0, 0.05) is 14.5 Å². The number of benzene rings is 2. The molecule has 28 heavy (non-hydrogen) atoms. The molecule has 0 aliphatic rings. The zero-order chi connectivity index (χ0) is 20.7. The molecule has 0 radical (unpaired) electrons. The molecule has 0 heterocycles. The average Bonchev–Trinajstić information content (AvgIpc) is 2.62. The Morgan fingerprint density at radius 3 is 2.14 bits per heavy atom. The zero-order valence-electron chi connectivity index (χ0n) is 17.6. The molecule has 1 N–H and O–H groups in total. The van der Waals surface area contributed by atoms with E-state index in [2.05, 4.69) is 33.5 Å². The highest BCUT2D eigenvalue weighted by Gasteiger charge is 2.24. The van der Waals surface area contributed by atoms with Crippen LogP contribution in [0.2, 0.25) is 25.7 Å². The predicted molar refractivity (Wildman–Crippen MR) is 116 cm³/mol. The largest absolute Gasteiger partial charge is 0.508 e. The quantitative estimate of drug-likeness (QED) is 0.453. The van der Waals surface area contributed by atoms with Gasteiger partial charge >= 0.3 is 5.97 Å². The minimum absolute atomic E-state index is 0.197. The van der Waals surface area contributed by atoms with Crippen LogP contribution in [0, 0.1) is 0 Å². The summed E-state index contributed by atoms with van der Waals surface area (Å²) >= 11 is 0. The van der Waals surface area contributed by atoms with Gasteiger partial charge in [0.15, 0.2) is 6.10 Å². The number of ether oxygens (including phenoxy) is 2. The minimum Gasteiger partial charge on any atom is -0.508 e. The summed E-state index contributed by atoms with van der Waals surface area (Å²) in [5, 5.41) is 9.48. The van der Waals surface area contributed by atoms with E-state index in [4.69, 9.17) is 9.47 Å². The number of rotatable bonds is 9. The molecule has 4 nitrogen and oxygen atoms in total. The highest BCUT2D eigenvalue weighted by Crippen LogP contribution is 2.21. The van der Waals surface area contributed by atoms with Crippen molar-refractivity contribution in [1.82, 2.24) is 0 Å². The lowest BCUT2D eigenvalue weighted by atomic mass is 10.0. The third-order valence-electron chi connectivity index (χ3n) is 4.54. The van der Waals surface area contributed by atoms with E-state index < -0.39 is 14.2 Å². The van der Waals surface area contributed by atoms with Gasteiger partial charge in [0.25, 0.3) is 0 Å². The van der Waals surface area contributed by atoms with Gasteiger partial charge in [0.05, 0.1) is 6.61 Å². The number of phenolic OH excluding ortho intramolecular Hbond substituents is 1. The Bertz CT molecular complexity index is 746. The molecule has 2 rings (SSSR count). The van der Waals surface area contributed by atoms with E-state index in [-0.39, 0.29) is 11.7 Å². The van der Waals surface area contributed by atoms with Crippen molar-refractivity contribution < 1.29 is 19.4 Å². The van der Waals surface area contributed by atoms with Crippen LogP contribution in [0.1, 0.15) is 30.9 Å². The van der Waals surface area contributed by atoms with Gasteiger partial charge < -0.3 is 14.6 Å². The maximum atomic E-state index is 12.7. The Morgan fingerprint density at radius 1 is 1.00 bits per heavy atom. The van der Waals surface area contributed by atoms with E-state index in [9.17, 15) is 9.90 Å². The number of hydrogen-bond donors (Lipinski definition) is 1. The SMILES string of the molecule is CC(C)c1ccc(O[C@@H](Cc2ccc(O)cc2)C(=O)OCC[Si](C)(C)C)cc1. The second-order valence-corrected chi connectivity index (χ2v) is 14.3. The summed E-state index contributed by atoms with van der Waals surface area (Å²) in [5.74, 6) is 0.936. The molecule has 0 saturated heterocycles. The van der Waals surface area contributed by atoms with Crippen molar-refractivity contribution in [3.05, 3.63) is 59.7 Å². The fourth-order valence-corrected chi connectivity index (χ4v) is 3.38. The van der Waals surface area contributed by atoms with Crippen molar-refractivity contribution in [1.29, 1.82) is 0 Å². The smallest absolute Gasteiger partial charge is 0.347 e. The molecule has 0 spiro atoms. The molecule has 1 atom stereocenters. The van der Waals surface area contributed by atoms with Crippen LogP contribution in [0.4, 0.5) is 0 Å². The van der Waals surface area contributed by atoms with E-state index in [1.54, 1.807) is 24.3 Å². The van der Waals surface area contributed by atoms with E-state index in [0.29, 0.717) is 24.7 Å². The van der Waals surface area contributed by atoms with Crippen LogP contribution in [0.3, 0.4) is 0 Å². The van der Waals surface area contributed by atoms with E-state index in [1.807, 2.05) is 24.3 Å². The maximum Gasteiger partial charge on any atom is 0.347 e. The number of hydrogen-bond acceptors (Lipinski definition) is 4. The van der Waals surface area contributed by atoms with Crippen LogP contribution in [-0.2, 0) is 16.0 Å². The van der Waals surface area contributed by atoms with Crippen molar-refractivity contribution in [3.63, 3.8) is 0 Å². The molecule has 152 valence electrons. The molecular weight excluding hydrogens is 368 g/mol. The number of carbonyl (C=O) groups excluding carboxylic acids is 1. The first-order valence-corrected chi connectivity index (χ1v) is 13.6. The number of carbonyl (C=O) groups is 1. The molecule has 0 bridgehead atoms. The normalized spacial score (nSPS) is 12.6. The molecular formula is C23H32O4Si. The summed E-state index contributed by atoms with van der Waals surface area (Å²) < 4.78 is 11.5. The summed E-state index contributed by atoms with van der Waals surface area (Å²) in [5.41, 5.74) is 2.13. The van der Waals surface area contributed by atoms with Crippen molar-refractivity contribution >= 4 is 14.0 Å². The Balaban J connectivity index is 2.10. The number of esters is 1. The summed E-state index contributed by atoms with van der Waals surface area (Å²) in [6, 6.07) is 15.6. The lowest BCUT2D eigenvalue weighted by molar-refractivity contribution is -0.151. The number of aromatic hydroxyl groups is 1. The Labute approximate surface area is 169 Å². The topological polar surface area (TPSA) is 55.8 Å². The summed E-state index contributed by atoms with van der Waals surface area (Å²) in [6.07, 6.45) is -0.339. The summed E-state index contributed by atoms with van der Waals surface area (Å²) in [4.78, 5) is 12.7. The first-order chi connectivity index (χ1) is 13.1. The van der Waals surface area contributed by atoms with Gasteiger partial charge in [-0.2, -0.15) is 0 Å². The lowest BCUT2D eigenvalue weighted by Gasteiger charge is -2.20. The van der Waals surface area contributed by atoms with E-state index in [0.717, 1.165) is 11.6 Å². The van der Waals surface area contributed by atoms with Crippen LogP contribution in [0.25, 0.3) is 0 Å². The third-order valence-corrected chi connectivity index (χ3v) is 6.25. The third kappa shape index (κ3) is 7.39. The Kier molecular flexibility index (Phi) is 7.69. The fraction of sp³-hybridized carbons (Fsp3) is 0.435. The summed E-state index contributed by atoms with van der Waals surface area (Å²) in [6.45, 7) is 11.5.